The van der Waals surface area contributed by atoms with E-state index in [1.54, 1.807) is 47.6 Å². The smallest absolute Gasteiger partial charge is 0.333 e. The van der Waals surface area contributed by atoms with E-state index in [1.807, 2.05) is 26.0 Å². The van der Waals surface area contributed by atoms with Gasteiger partial charge in [-0.2, -0.15) is 0 Å². The molecule has 4 aliphatic rings. The van der Waals surface area contributed by atoms with E-state index in [0.29, 0.717) is 17.6 Å². The number of hydrogen-bond acceptors (Lipinski definition) is 7. The fourth-order valence-electron chi connectivity index (χ4n) is 7.19. The summed E-state index contributed by atoms with van der Waals surface area (Å²) in [5.41, 5.74) is -1.64. The summed E-state index contributed by atoms with van der Waals surface area (Å²) >= 11 is 0. The molecule has 2 fully saturated rings. The molecular formula is C29H40O7. The first kappa shape index (κ1) is 26.8. The molecule has 7 heteroatoms. The summed E-state index contributed by atoms with van der Waals surface area (Å²) in [4.78, 5) is 38.2. The van der Waals surface area contributed by atoms with Crippen molar-refractivity contribution in [1.82, 2.24) is 0 Å². The van der Waals surface area contributed by atoms with Gasteiger partial charge in [0.15, 0.2) is 5.78 Å². The zero-order valence-corrected chi connectivity index (χ0v) is 22.6. The van der Waals surface area contributed by atoms with Gasteiger partial charge in [0.05, 0.1) is 11.5 Å². The quantitative estimate of drug-likeness (QED) is 0.338. The van der Waals surface area contributed by atoms with E-state index >= 15 is 0 Å². The molecule has 0 bridgehead atoms. The average Bonchev–Trinajstić information content (AvgIpc) is 3.18. The molecule has 0 aromatic heterocycles. The van der Waals surface area contributed by atoms with Crippen molar-refractivity contribution >= 4 is 17.7 Å². The highest BCUT2D eigenvalue weighted by atomic mass is 16.6. The molecule has 0 radical (unpaired) electrons. The Bertz CT molecular complexity index is 1080. The molecule has 7 nitrogen and oxygen atoms in total. The molecule has 0 aromatic rings. The molecule has 0 amide bonds. The van der Waals surface area contributed by atoms with Crippen LogP contribution in [0.3, 0.4) is 0 Å². The van der Waals surface area contributed by atoms with Crippen molar-refractivity contribution in [1.29, 1.82) is 0 Å². The topological polar surface area (TPSA) is 110 Å². The molecule has 4 rings (SSSR count). The molecule has 0 spiro atoms. The maximum atomic E-state index is 13.2. The summed E-state index contributed by atoms with van der Waals surface area (Å²) in [5.74, 6) is -3.76. The van der Waals surface area contributed by atoms with Crippen molar-refractivity contribution in [2.45, 2.75) is 79.1 Å². The summed E-state index contributed by atoms with van der Waals surface area (Å²) in [6.07, 6.45) is 4.85. The lowest BCUT2D eigenvalue weighted by molar-refractivity contribution is -0.207. The Kier molecular flexibility index (Phi) is 6.45. The lowest BCUT2D eigenvalue weighted by Crippen LogP contribution is -2.63. The van der Waals surface area contributed by atoms with E-state index in [0.717, 1.165) is 5.57 Å². The van der Waals surface area contributed by atoms with Gasteiger partial charge in [-0.25, -0.2) is 4.79 Å². The normalized spacial score (nSPS) is 40.9. The number of carbonyl (C=O) groups excluding carboxylic acids is 3. The Hall–Kier alpha value is -2.25. The number of ether oxygens (including phenoxy) is 2. The van der Waals surface area contributed by atoms with Gasteiger partial charge in [0.2, 0.25) is 0 Å². The van der Waals surface area contributed by atoms with E-state index in [1.165, 1.54) is 0 Å². The molecule has 2 N–H and O–H groups in total. The third-order valence-corrected chi connectivity index (χ3v) is 9.59. The SMILES string of the molecule is C/C=C(\C)C(=O)O[C@@H]1[C@@H](C)[C@]2(O)[C@@H]3C=C(C)C(=O)[C@H]3CC(COC(=O)C(C)C)=C[C@H]2C2C(C)(C)C21O. The highest BCUT2D eigenvalue weighted by molar-refractivity contribution is 6.00. The molecule has 198 valence electrons. The minimum absolute atomic E-state index is 0.0310. The third kappa shape index (κ3) is 3.57. The zero-order chi connectivity index (χ0) is 27.0. The standard InChI is InChI=1S/C29H40O7/c1-9-15(4)26(32)36-24-17(6)28(33)20-10-16(5)22(30)19(20)11-18(13-35-25(31)14(2)3)12-21(28)23-27(7,8)29(23,24)34/h9-10,12,14,17,19-21,23-24,33-34H,11,13H2,1-8H3/b15-9+/t17-,19+,20-,21+,23?,24-,28+,29?/m1/s1. The second kappa shape index (κ2) is 8.66. The molecule has 8 atom stereocenters. The summed E-state index contributed by atoms with van der Waals surface area (Å²) < 4.78 is 11.5. The summed E-state index contributed by atoms with van der Waals surface area (Å²) in [6.45, 7) is 14.4. The number of Topliss-reactive ketones (excluding diaryl/α,β-unsaturated/α-hetero) is 1. The van der Waals surface area contributed by atoms with Crippen LogP contribution in [0.15, 0.2) is 34.9 Å². The minimum Gasteiger partial charge on any atom is -0.461 e. The van der Waals surface area contributed by atoms with Crippen LogP contribution >= 0.6 is 0 Å². The average molecular weight is 501 g/mol. The van der Waals surface area contributed by atoms with Gasteiger partial charge in [0.25, 0.3) is 0 Å². The molecule has 2 unspecified atom stereocenters. The van der Waals surface area contributed by atoms with Crippen LogP contribution in [0.1, 0.15) is 61.8 Å². The van der Waals surface area contributed by atoms with Crippen LogP contribution < -0.4 is 0 Å². The first-order chi connectivity index (χ1) is 16.6. The number of rotatable bonds is 5. The summed E-state index contributed by atoms with van der Waals surface area (Å²) in [6, 6.07) is 0. The Morgan fingerprint density at radius 2 is 1.83 bits per heavy atom. The van der Waals surface area contributed by atoms with E-state index in [9.17, 15) is 24.6 Å². The van der Waals surface area contributed by atoms with Gasteiger partial charge in [-0.1, -0.05) is 52.8 Å². The van der Waals surface area contributed by atoms with Gasteiger partial charge in [-0.3, -0.25) is 9.59 Å². The Morgan fingerprint density at radius 1 is 1.19 bits per heavy atom. The van der Waals surface area contributed by atoms with Crippen molar-refractivity contribution in [3.05, 3.63) is 34.9 Å². The highest BCUT2D eigenvalue weighted by Crippen LogP contribution is 2.75. The van der Waals surface area contributed by atoms with Crippen LogP contribution in [0.2, 0.25) is 0 Å². The van der Waals surface area contributed by atoms with Crippen LogP contribution in [0.25, 0.3) is 0 Å². The molecule has 0 aliphatic heterocycles. The number of hydrogen-bond donors (Lipinski definition) is 2. The zero-order valence-electron chi connectivity index (χ0n) is 22.6. The lowest BCUT2D eigenvalue weighted by Gasteiger charge is -2.51. The lowest BCUT2D eigenvalue weighted by atomic mass is 9.60. The number of aliphatic hydroxyl groups is 2. The van der Waals surface area contributed by atoms with Crippen molar-refractivity contribution < 1.29 is 34.1 Å². The Labute approximate surface area is 213 Å². The van der Waals surface area contributed by atoms with Crippen molar-refractivity contribution in [2.75, 3.05) is 6.61 Å². The first-order valence-corrected chi connectivity index (χ1v) is 13.0. The van der Waals surface area contributed by atoms with E-state index in [2.05, 4.69) is 0 Å². The minimum atomic E-state index is -1.44. The van der Waals surface area contributed by atoms with E-state index < -0.39 is 58.3 Å². The van der Waals surface area contributed by atoms with Crippen LogP contribution in [0.5, 0.6) is 0 Å². The van der Waals surface area contributed by atoms with Crippen molar-refractivity contribution in [3.8, 4) is 0 Å². The maximum absolute atomic E-state index is 13.2. The Morgan fingerprint density at radius 3 is 2.42 bits per heavy atom. The number of ketones is 1. The maximum Gasteiger partial charge on any atom is 0.333 e. The fourth-order valence-corrected chi connectivity index (χ4v) is 7.19. The van der Waals surface area contributed by atoms with Gasteiger partial charge < -0.3 is 19.7 Å². The Balaban J connectivity index is 1.81. The van der Waals surface area contributed by atoms with E-state index in [4.69, 9.17) is 9.47 Å². The van der Waals surface area contributed by atoms with Gasteiger partial charge in [-0.05, 0) is 38.3 Å². The predicted molar refractivity (Wildman–Crippen MR) is 133 cm³/mol. The molecule has 0 aromatic carbocycles. The second-order valence-corrected chi connectivity index (χ2v) is 12.2. The molecule has 2 saturated carbocycles. The van der Waals surface area contributed by atoms with Gasteiger partial charge in [-0.15, -0.1) is 0 Å². The van der Waals surface area contributed by atoms with E-state index in [-0.39, 0.29) is 24.3 Å². The number of fused-ring (bicyclic) bond motifs is 5. The van der Waals surface area contributed by atoms with Crippen LogP contribution in [0, 0.1) is 40.9 Å². The van der Waals surface area contributed by atoms with Gasteiger partial charge >= 0.3 is 11.9 Å². The van der Waals surface area contributed by atoms with Crippen LogP contribution in [-0.4, -0.2) is 51.8 Å². The summed E-state index contributed by atoms with van der Waals surface area (Å²) in [5, 5.41) is 24.6. The predicted octanol–water partition coefficient (Wildman–Crippen LogP) is 3.54. The molecule has 0 saturated heterocycles. The molecule has 4 aliphatic carbocycles. The third-order valence-electron chi connectivity index (χ3n) is 9.59. The van der Waals surface area contributed by atoms with Gasteiger partial charge in [0, 0.05) is 40.6 Å². The van der Waals surface area contributed by atoms with Crippen molar-refractivity contribution in [2.24, 2.45) is 40.9 Å². The van der Waals surface area contributed by atoms with Crippen molar-refractivity contribution in [3.63, 3.8) is 0 Å². The number of esters is 2. The van der Waals surface area contributed by atoms with Gasteiger partial charge in [0.1, 0.15) is 18.3 Å². The molecule has 36 heavy (non-hydrogen) atoms. The number of carbonyl (C=O) groups is 3. The fraction of sp³-hybridized carbons (Fsp3) is 0.690. The molecular weight excluding hydrogens is 460 g/mol. The molecule has 0 heterocycles. The summed E-state index contributed by atoms with van der Waals surface area (Å²) in [7, 11) is 0. The van der Waals surface area contributed by atoms with Crippen LogP contribution in [-0.2, 0) is 23.9 Å². The monoisotopic (exact) mass is 500 g/mol. The van der Waals surface area contributed by atoms with Crippen LogP contribution in [0.4, 0.5) is 0 Å². The first-order valence-electron chi connectivity index (χ1n) is 13.0. The number of allylic oxidation sites excluding steroid dienone is 2. The second-order valence-electron chi connectivity index (χ2n) is 12.2. The highest BCUT2D eigenvalue weighted by Gasteiger charge is 2.84. The largest absolute Gasteiger partial charge is 0.461 e.